The van der Waals surface area contributed by atoms with Gasteiger partial charge in [0.2, 0.25) is 5.95 Å². The second-order valence-corrected chi connectivity index (χ2v) is 3.10. The number of aromatic nitrogens is 1. The van der Waals surface area contributed by atoms with Crippen LogP contribution in [0.2, 0.25) is 0 Å². The van der Waals surface area contributed by atoms with Crippen molar-refractivity contribution in [2.24, 2.45) is 5.73 Å². The van der Waals surface area contributed by atoms with Gasteiger partial charge in [-0.15, -0.1) is 0 Å². The van der Waals surface area contributed by atoms with E-state index >= 15 is 0 Å². The molecule has 0 aliphatic rings. The quantitative estimate of drug-likeness (QED) is 0.651. The summed E-state index contributed by atoms with van der Waals surface area (Å²) in [6.07, 6.45) is -3.06. The summed E-state index contributed by atoms with van der Waals surface area (Å²) in [5.74, 6) is -2.07. The third kappa shape index (κ3) is 2.94. The van der Waals surface area contributed by atoms with E-state index in [2.05, 4.69) is 9.72 Å². The Balaban J connectivity index is 3.28. The lowest BCUT2D eigenvalue weighted by molar-refractivity contribution is 0.0512. The van der Waals surface area contributed by atoms with Crippen LogP contribution in [0, 0.1) is 5.95 Å². The van der Waals surface area contributed by atoms with Crippen LogP contribution in [0.1, 0.15) is 35.0 Å². The van der Waals surface area contributed by atoms with Crippen LogP contribution >= 0.6 is 0 Å². The summed E-state index contributed by atoms with van der Waals surface area (Å²) in [5.41, 5.74) is 3.70. The third-order valence-electron chi connectivity index (χ3n) is 2.00. The van der Waals surface area contributed by atoms with Crippen molar-refractivity contribution in [2.75, 3.05) is 6.61 Å². The summed E-state index contributed by atoms with van der Waals surface area (Å²) in [6.45, 7) is 1.31. The average Bonchev–Trinajstić information content (AvgIpc) is 2.28. The molecule has 0 radical (unpaired) electrons. The molecule has 0 spiro atoms. The summed E-state index contributed by atoms with van der Waals surface area (Å²) in [4.78, 5) is 14.4. The Morgan fingerprint density at radius 1 is 1.59 bits per heavy atom. The smallest absolute Gasteiger partial charge is 0.340 e. The molecule has 4 nitrogen and oxygen atoms in total. The molecule has 0 saturated heterocycles. The Hall–Kier alpha value is -1.63. The molecule has 1 aromatic heterocycles. The van der Waals surface area contributed by atoms with Gasteiger partial charge < -0.3 is 10.5 Å². The van der Waals surface area contributed by atoms with Crippen LogP contribution < -0.4 is 5.73 Å². The van der Waals surface area contributed by atoms with Crippen LogP contribution in [0.25, 0.3) is 0 Å². The minimum atomic E-state index is -3.06. The Bertz CT molecular complexity index is 424. The normalized spacial score (nSPS) is 10.7. The summed E-state index contributed by atoms with van der Waals surface area (Å²) < 4.78 is 42.9. The molecule has 0 bridgehead atoms. The van der Waals surface area contributed by atoms with E-state index in [0.717, 1.165) is 6.07 Å². The van der Waals surface area contributed by atoms with Gasteiger partial charge in [-0.1, -0.05) is 0 Å². The van der Waals surface area contributed by atoms with Crippen LogP contribution in [-0.2, 0) is 11.3 Å². The molecule has 0 aliphatic carbocycles. The van der Waals surface area contributed by atoms with E-state index in [0.29, 0.717) is 0 Å². The summed E-state index contributed by atoms with van der Waals surface area (Å²) in [5, 5.41) is 0. The van der Waals surface area contributed by atoms with Crippen molar-refractivity contribution in [3.05, 3.63) is 28.8 Å². The van der Waals surface area contributed by atoms with E-state index < -0.39 is 29.6 Å². The lowest BCUT2D eigenvalue weighted by Crippen LogP contribution is -2.14. The number of ether oxygens (including phenoxy) is 1. The first-order valence-corrected chi connectivity index (χ1v) is 4.85. The molecule has 0 atom stereocenters. The maximum atomic E-state index is 13.2. The SMILES string of the molecule is CCOC(=O)c1cc(CN)c(F)nc1C(F)F. The van der Waals surface area contributed by atoms with Crippen molar-refractivity contribution in [3.8, 4) is 0 Å². The van der Waals surface area contributed by atoms with Crippen molar-refractivity contribution >= 4 is 5.97 Å². The highest BCUT2D eigenvalue weighted by Gasteiger charge is 2.23. The van der Waals surface area contributed by atoms with Gasteiger partial charge in [0, 0.05) is 12.1 Å². The molecular weight excluding hydrogens is 237 g/mol. The molecule has 94 valence electrons. The lowest BCUT2D eigenvalue weighted by Gasteiger charge is -2.09. The summed E-state index contributed by atoms with van der Waals surface area (Å²) >= 11 is 0. The number of pyridine rings is 1. The minimum absolute atomic E-state index is 0.0246. The third-order valence-corrected chi connectivity index (χ3v) is 2.00. The molecule has 0 aromatic carbocycles. The largest absolute Gasteiger partial charge is 0.462 e. The average molecular weight is 248 g/mol. The van der Waals surface area contributed by atoms with Gasteiger partial charge in [0.25, 0.3) is 6.43 Å². The molecule has 7 heteroatoms. The Morgan fingerprint density at radius 2 is 2.24 bits per heavy atom. The van der Waals surface area contributed by atoms with Gasteiger partial charge in [0.15, 0.2) is 0 Å². The molecule has 2 N–H and O–H groups in total. The predicted octanol–water partition coefficient (Wildman–Crippen LogP) is 1.79. The van der Waals surface area contributed by atoms with Crippen LogP contribution in [0.15, 0.2) is 6.07 Å². The Labute approximate surface area is 95.6 Å². The van der Waals surface area contributed by atoms with Gasteiger partial charge in [-0.2, -0.15) is 4.39 Å². The number of hydrogen-bond donors (Lipinski definition) is 1. The summed E-state index contributed by atoms with van der Waals surface area (Å²) in [6, 6.07) is 0.946. The van der Waals surface area contributed by atoms with Crippen molar-refractivity contribution in [1.29, 1.82) is 0 Å². The molecule has 1 aromatic rings. The number of carbonyl (C=O) groups is 1. The van der Waals surface area contributed by atoms with Gasteiger partial charge in [-0.05, 0) is 13.0 Å². The van der Waals surface area contributed by atoms with Crippen molar-refractivity contribution in [2.45, 2.75) is 19.9 Å². The van der Waals surface area contributed by atoms with E-state index in [1.165, 1.54) is 6.92 Å². The van der Waals surface area contributed by atoms with Crippen LogP contribution in [0.5, 0.6) is 0 Å². The first-order chi connectivity index (χ1) is 8.01. The fourth-order valence-corrected chi connectivity index (χ4v) is 1.23. The zero-order valence-corrected chi connectivity index (χ0v) is 9.04. The number of hydrogen-bond acceptors (Lipinski definition) is 4. The second-order valence-electron chi connectivity index (χ2n) is 3.10. The standard InChI is InChI=1S/C10H11F3N2O2/c1-2-17-10(16)6-3-5(4-14)9(13)15-7(6)8(11)12/h3,8H,2,4,14H2,1H3. The lowest BCUT2D eigenvalue weighted by atomic mass is 10.1. The van der Waals surface area contributed by atoms with Gasteiger partial charge >= 0.3 is 5.97 Å². The highest BCUT2D eigenvalue weighted by Crippen LogP contribution is 2.23. The number of carbonyl (C=O) groups excluding carboxylic acids is 1. The van der Waals surface area contributed by atoms with E-state index in [4.69, 9.17) is 5.73 Å². The Kier molecular flexibility index (Phi) is 4.45. The van der Waals surface area contributed by atoms with E-state index in [9.17, 15) is 18.0 Å². The first kappa shape index (κ1) is 13.4. The fourth-order valence-electron chi connectivity index (χ4n) is 1.23. The molecule has 0 fully saturated rings. The van der Waals surface area contributed by atoms with E-state index in [-0.39, 0.29) is 18.7 Å². The minimum Gasteiger partial charge on any atom is -0.462 e. The maximum Gasteiger partial charge on any atom is 0.340 e. The molecule has 0 amide bonds. The van der Waals surface area contributed by atoms with E-state index in [1.807, 2.05) is 0 Å². The van der Waals surface area contributed by atoms with Crippen LogP contribution in [0.3, 0.4) is 0 Å². The maximum absolute atomic E-state index is 13.2. The molecule has 0 unspecified atom stereocenters. The fraction of sp³-hybridized carbons (Fsp3) is 0.400. The van der Waals surface area contributed by atoms with Gasteiger partial charge in [-0.25, -0.2) is 18.6 Å². The molecule has 1 rings (SSSR count). The molecule has 0 aliphatic heterocycles. The van der Waals surface area contributed by atoms with Crippen LogP contribution in [-0.4, -0.2) is 17.6 Å². The molecule has 1 heterocycles. The number of esters is 1. The topological polar surface area (TPSA) is 65.2 Å². The van der Waals surface area contributed by atoms with Crippen molar-refractivity contribution in [3.63, 3.8) is 0 Å². The zero-order valence-electron chi connectivity index (χ0n) is 9.04. The molecule has 17 heavy (non-hydrogen) atoms. The van der Waals surface area contributed by atoms with Crippen molar-refractivity contribution in [1.82, 2.24) is 4.98 Å². The van der Waals surface area contributed by atoms with Gasteiger partial charge in [0.05, 0.1) is 12.2 Å². The number of alkyl halides is 2. The number of halogens is 3. The number of rotatable bonds is 4. The highest BCUT2D eigenvalue weighted by atomic mass is 19.3. The zero-order chi connectivity index (χ0) is 13.0. The first-order valence-electron chi connectivity index (χ1n) is 4.85. The molecular formula is C10H11F3N2O2. The molecule has 0 saturated carbocycles. The predicted molar refractivity (Wildman–Crippen MR) is 53.0 cm³/mol. The van der Waals surface area contributed by atoms with Gasteiger partial charge in [0.1, 0.15) is 5.69 Å². The van der Waals surface area contributed by atoms with Crippen molar-refractivity contribution < 1.29 is 22.7 Å². The van der Waals surface area contributed by atoms with Crippen LogP contribution in [0.4, 0.5) is 13.2 Å². The number of nitrogens with two attached hydrogens (primary N) is 1. The Morgan fingerprint density at radius 3 is 2.71 bits per heavy atom. The highest BCUT2D eigenvalue weighted by molar-refractivity contribution is 5.90. The monoisotopic (exact) mass is 248 g/mol. The summed E-state index contributed by atoms with van der Waals surface area (Å²) in [7, 11) is 0. The van der Waals surface area contributed by atoms with Gasteiger partial charge in [-0.3, -0.25) is 0 Å². The number of nitrogens with zero attached hydrogens (tertiary/aromatic N) is 1. The van der Waals surface area contributed by atoms with E-state index in [1.54, 1.807) is 0 Å². The second kappa shape index (κ2) is 5.62.